The molecule has 1 heterocycles. The molecule has 106 valence electrons. The van der Waals surface area contributed by atoms with Crippen molar-refractivity contribution in [1.82, 2.24) is 0 Å². The SMILES string of the molecule is BC1CC(OP(=O)(OC)OCCCO)C(CO)O1. The summed E-state index contributed by atoms with van der Waals surface area (Å²) in [6.45, 7) is -0.198. The van der Waals surface area contributed by atoms with Crippen LogP contribution in [0.15, 0.2) is 0 Å². The normalized spacial score (nSPS) is 31.4. The van der Waals surface area contributed by atoms with Gasteiger partial charge in [0.2, 0.25) is 0 Å². The average molecular weight is 282 g/mol. The standard InChI is InChI=1S/C9H20BO7P/c1-14-18(13,15-4-2-3-11)17-7-5-9(10)16-8(7)6-12/h7-9,11-12H,2-6,10H2,1H3. The van der Waals surface area contributed by atoms with Crippen molar-refractivity contribution in [2.24, 2.45) is 0 Å². The molecule has 0 aromatic carbocycles. The van der Waals surface area contributed by atoms with E-state index in [0.717, 1.165) is 0 Å². The van der Waals surface area contributed by atoms with Gasteiger partial charge in [0.1, 0.15) is 14.0 Å². The quantitative estimate of drug-likeness (QED) is 0.344. The maximum absolute atomic E-state index is 12.1. The van der Waals surface area contributed by atoms with E-state index in [4.69, 9.17) is 28.5 Å². The van der Waals surface area contributed by atoms with Crippen molar-refractivity contribution in [2.45, 2.75) is 31.1 Å². The molecule has 0 bridgehead atoms. The van der Waals surface area contributed by atoms with E-state index in [9.17, 15) is 4.57 Å². The van der Waals surface area contributed by atoms with Crippen LogP contribution in [-0.4, -0.2) is 63.2 Å². The molecule has 1 saturated heterocycles. The van der Waals surface area contributed by atoms with Crippen LogP contribution in [0.25, 0.3) is 0 Å². The molecule has 0 aromatic heterocycles. The van der Waals surface area contributed by atoms with Crippen LogP contribution >= 0.6 is 7.82 Å². The van der Waals surface area contributed by atoms with Crippen molar-refractivity contribution >= 4 is 15.7 Å². The van der Waals surface area contributed by atoms with Crippen LogP contribution in [-0.2, 0) is 22.9 Å². The lowest BCUT2D eigenvalue weighted by Crippen LogP contribution is -2.27. The number of aliphatic hydroxyl groups is 2. The van der Waals surface area contributed by atoms with Gasteiger partial charge in [-0.25, -0.2) is 4.57 Å². The molecule has 0 aliphatic carbocycles. The molecule has 0 amide bonds. The van der Waals surface area contributed by atoms with Gasteiger partial charge in [-0.15, -0.1) is 0 Å². The molecule has 1 rings (SSSR count). The van der Waals surface area contributed by atoms with Crippen LogP contribution in [0.3, 0.4) is 0 Å². The first-order valence-electron chi connectivity index (χ1n) is 5.90. The number of rotatable bonds is 8. The maximum Gasteiger partial charge on any atom is 0.474 e. The molecule has 1 fully saturated rings. The Kier molecular flexibility index (Phi) is 6.80. The molecule has 9 heteroatoms. The van der Waals surface area contributed by atoms with Gasteiger partial charge in [-0.2, -0.15) is 0 Å². The maximum atomic E-state index is 12.1. The van der Waals surface area contributed by atoms with Gasteiger partial charge in [-0.3, -0.25) is 13.6 Å². The summed E-state index contributed by atoms with van der Waals surface area (Å²) in [5, 5.41) is 17.8. The highest BCUT2D eigenvalue weighted by molar-refractivity contribution is 7.48. The van der Waals surface area contributed by atoms with E-state index >= 15 is 0 Å². The molecule has 4 unspecified atom stereocenters. The van der Waals surface area contributed by atoms with E-state index in [-0.39, 0.29) is 25.8 Å². The van der Waals surface area contributed by atoms with Crippen LogP contribution in [0.5, 0.6) is 0 Å². The molecule has 1 aliphatic heterocycles. The molecule has 7 nitrogen and oxygen atoms in total. The fraction of sp³-hybridized carbons (Fsp3) is 1.00. The number of hydrogen-bond acceptors (Lipinski definition) is 7. The summed E-state index contributed by atoms with van der Waals surface area (Å²) in [4.78, 5) is 0. The average Bonchev–Trinajstić information content (AvgIpc) is 2.69. The molecular weight excluding hydrogens is 262 g/mol. The van der Waals surface area contributed by atoms with Crippen LogP contribution in [0.1, 0.15) is 12.8 Å². The van der Waals surface area contributed by atoms with Crippen molar-refractivity contribution in [3.63, 3.8) is 0 Å². The zero-order chi connectivity index (χ0) is 13.6. The van der Waals surface area contributed by atoms with E-state index in [1.807, 2.05) is 7.85 Å². The van der Waals surface area contributed by atoms with Crippen LogP contribution in [0.4, 0.5) is 0 Å². The predicted molar refractivity (Wildman–Crippen MR) is 66.1 cm³/mol. The topological polar surface area (TPSA) is 94.5 Å². The highest BCUT2D eigenvalue weighted by atomic mass is 31.2. The highest BCUT2D eigenvalue weighted by Crippen LogP contribution is 2.51. The third kappa shape index (κ3) is 4.62. The zero-order valence-corrected chi connectivity index (χ0v) is 11.5. The lowest BCUT2D eigenvalue weighted by atomic mass is 9.96. The second kappa shape index (κ2) is 7.60. The molecule has 0 spiro atoms. The summed E-state index contributed by atoms with van der Waals surface area (Å²) in [5.74, 6) is 0. The minimum absolute atomic E-state index is 0.0629. The summed E-state index contributed by atoms with van der Waals surface area (Å²) < 4.78 is 32.6. The number of hydrogen-bond donors (Lipinski definition) is 2. The van der Waals surface area contributed by atoms with Crippen LogP contribution in [0.2, 0.25) is 0 Å². The van der Waals surface area contributed by atoms with Crippen molar-refractivity contribution in [2.75, 3.05) is 26.9 Å². The second-order valence-electron chi connectivity index (χ2n) is 4.09. The van der Waals surface area contributed by atoms with Gasteiger partial charge in [-0.05, 0) is 12.8 Å². The van der Waals surface area contributed by atoms with Gasteiger partial charge in [0, 0.05) is 19.7 Å². The molecule has 0 saturated carbocycles. The van der Waals surface area contributed by atoms with E-state index in [1.54, 1.807) is 0 Å². The molecule has 2 N–H and O–H groups in total. The summed E-state index contributed by atoms with van der Waals surface area (Å²) >= 11 is 0. The van der Waals surface area contributed by atoms with Crippen molar-refractivity contribution in [1.29, 1.82) is 0 Å². The van der Waals surface area contributed by atoms with Gasteiger partial charge in [0.25, 0.3) is 0 Å². The largest absolute Gasteiger partial charge is 0.474 e. The Morgan fingerprint density at radius 1 is 1.50 bits per heavy atom. The summed E-state index contributed by atoms with van der Waals surface area (Å²) in [5.41, 5.74) is 0. The zero-order valence-electron chi connectivity index (χ0n) is 10.7. The highest BCUT2D eigenvalue weighted by Gasteiger charge is 2.39. The van der Waals surface area contributed by atoms with Crippen LogP contribution in [0, 0.1) is 0 Å². The van der Waals surface area contributed by atoms with E-state index in [1.165, 1.54) is 7.11 Å². The first-order chi connectivity index (χ1) is 8.54. The Bertz CT molecular complexity index is 290. The first-order valence-corrected chi connectivity index (χ1v) is 7.36. The predicted octanol–water partition coefficient (Wildman–Crippen LogP) is -0.735. The third-order valence-corrected chi connectivity index (χ3v) is 4.08. The third-order valence-electron chi connectivity index (χ3n) is 2.61. The second-order valence-corrected chi connectivity index (χ2v) is 5.82. The Morgan fingerprint density at radius 3 is 2.78 bits per heavy atom. The van der Waals surface area contributed by atoms with Gasteiger partial charge in [0.05, 0.1) is 19.3 Å². The number of phosphoric acid groups is 1. The van der Waals surface area contributed by atoms with E-state index < -0.39 is 20.0 Å². The Morgan fingerprint density at radius 2 is 2.22 bits per heavy atom. The first kappa shape index (κ1) is 16.1. The molecule has 1 aliphatic rings. The summed E-state index contributed by atoms with van der Waals surface area (Å²) in [6.07, 6.45) is -0.186. The summed E-state index contributed by atoms with van der Waals surface area (Å²) in [7, 11) is -0.586. The van der Waals surface area contributed by atoms with Gasteiger partial charge in [-0.1, -0.05) is 0 Å². The minimum Gasteiger partial charge on any atom is -0.396 e. The van der Waals surface area contributed by atoms with Gasteiger partial charge < -0.3 is 14.9 Å². The monoisotopic (exact) mass is 282 g/mol. The molecule has 0 radical (unpaired) electrons. The van der Waals surface area contributed by atoms with Crippen LogP contribution < -0.4 is 0 Å². The number of phosphoric ester groups is 1. The Labute approximate surface area is 107 Å². The molecular formula is C9H20BO7P. The van der Waals surface area contributed by atoms with Gasteiger partial charge in [0.15, 0.2) is 0 Å². The van der Waals surface area contributed by atoms with Gasteiger partial charge >= 0.3 is 7.82 Å². The molecule has 18 heavy (non-hydrogen) atoms. The van der Waals surface area contributed by atoms with Crippen molar-refractivity contribution in [3.8, 4) is 0 Å². The molecule has 0 aromatic rings. The number of ether oxygens (including phenoxy) is 1. The van der Waals surface area contributed by atoms with E-state index in [2.05, 4.69) is 0 Å². The number of aliphatic hydroxyl groups excluding tert-OH is 2. The van der Waals surface area contributed by atoms with Crippen molar-refractivity contribution in [3.05, 3.63) is 0 Å². The fourth-order valence-corrected chi connectivity index (χ4v) is 2.88. The van der Waals surface area contributed by atoms with E-state index in [0.29, 0.717) is 12.8 Å². The fourth-order valence-electron chi connectivity index (χ4n) is 1.72. The lowest BCUT2D eigenvalue weighted by Gasteiger charge is -2.22. The molecule has 4 atom stereocenters. The lowest BCUT2D eigenvalue weighted by molar-refractivity contribution is -0.00983. The Balaban J connectivity index is 2.53. The summed E-state index contributed by atoms with van der Waals surface area (Å²) in [6, 6.07) is -0.0742. The minimum atomic E-state index is -3.66. The van der Waals surface area contributed by atoms with Crippen molar-refractivity contribution < 1.29 is 33.1 Å². The Hall–Kier alpha value is 0.0549. The smallest absolute Gasteiger partial charge is 0.396 e.